The van der Waals surface area contributed by atoms with Crippen molar-refractivity contribution in [3.8, 4) is 0 Å². The first-order chi connectivity index (χ1) is 13.5. The molecule has 1 saturated heterocycles. The zero-order valence-corrected chi connectivity index (χ0v) is 17.3. The van der Waals surface area contributed by atoms with E-state index in [0.717, 1.165) is 6.42 Å². The van der Waals surface area contributed by atoms with E-state index in [9.17, 15) is 9.59 Å². The van der Waals surface area contributed by atoms with Gasteiger partial charge in [-0.2, -0.15) is 0 Å². The third-order valence-electron chi connectivity index (χ3n) is 4.86. The van der Waals surface area contributed by atoms with Gasteiger partial charge in [0, 0.05) is 31.7 Å². The van der Waals surface area contributed by atoms with E-state index in [1.165, 1.54) is 5.56 Å². The van der Waals surface area contributed by atoms with Gasteiger partial charge in [0.15, 0.2) is 0 Å². The van der Waals surface area contributed by atoms with Crippen molar-refractivity contribution in [1.29, 1.82) is 0 Å². The van der Waals surface area contributed by atoms with Crippen LogP contribution in [0.4, 0.5) is 5.69 Å². The predicted molar refractivity (Wildman–Crippen MR) is 113 cm³/mol. The summed E-state index contributed by atoms with van der Waals surface area (Å²) in [6, 6.07) is 12.8. The third kappa shape index (κ3) is 5.04. The summed E-state index contributed by atoms with van der Waals surface area (Å²) in [5, 5.41) is 3.59. The first-order valence-electron chi connectivity index (χ1n) is 9.32. The SMILES string of the molecule is CCc1ccc(C(=O)N2CCN(CC(=O)Nc3c(Cl)cccc3Cl)CC2)cc1. The summed E-state index contributed by atoms with van der Waals surface area (Å²) < 4.78 is 0. The number of piperazine rings is 1. The standard InChI is InChI=1S/C21H23Cl2N3O2/c1-2-15-6-8-16(9-7-15)21(28)26-12-10-25(11-13-26)14-19(27)24-20-17(22)4-3-5-18(20)23/h3-9H,2,10-14H2,1H3,(H,24,27). The van der Waals surface area contributed by atoms with Crippen molar-refractivity contribution in [3.63, 3.8) is 0 Å². The molecule has 0 spiro atoms. The van der Waals surface area contributed by atoms with Gasteiger partial charge in [0.25, 0.3) is 5.91 Å². The number of benzene rings is 2. The molecule has 0 atom stereocenters. The molecule has 2 aromatic rings. The normalized spacial score (nSPS) is 14.8. The van der Waals surface area contributed by atoms with Gasteiger partial charge in [-0.15, -0.1) is 0 Å². The minimum atomic E-state index is -0.176. The van der Waals surface area contributed by atoms with Crippen molar-refractivity contribution in [2.45, 2.75) is 13.3 Å². The highest BCUT2D eigenvalue weighted by Gasteiger charge is 2.23. The summed E-state index contributed by atoms with van der Waals surface area (Å²) in [4.78, 5) is 28.8. The molecule has 0 saturated carbocycles. The number of hydrogen-bond acceptors (Lipinski definition) is 3. The maximum absolute atomic E-state index is 12.6. The summed E-state index contributed by atoms with van der Waals surface area (Å²) in [5.74, 6) is -0.139. The monoisotopic (exact) mass is 419 g/mol. The van der Waals surface area contributed by atoms with Crippen LogP contribution in [0, 0.1) is 0 Å². The molecule has 28 heavy (non-hydrogen) atoms. The summed E-state index contributed by atoms with van der Waals surface area (Å²) in [6.07, 6.45) is 0.953. The van der Waals surface area contributed by atoms with Crippen LogP contribution >= 0.6 is 23.2 Å². The first kappa shape index (κ1) is 20.6. The van der Waals surface area contributed by atoms with Crippen molar-refractivity contribution >= 4 is 40.7 Å². The Morgan fingerprint density at radius 3 is 2.14 bits per heavy atom. The van der Waals surface area contributed by atoms with Crippen LogP contribution in [0.1, 0.15) is 22.8 Å². The topological polar surface area (TPSA) is 52.7 Å². The zero-order valence-electron chi connectivity index (χ0n) is 15.8. The van der Waals surface area contributed by atoms with Crippen molar-refractivity contribution in [3.05, 3.63) is 63.6 Å². The molecule has 1 fully saturated rings. The maximum atomic E-state index is 12.6. The lowest BCUT2D eigenvalue weighted by Crippen LogP contribution is -2.50. The number of carbonyl (C=O) groups excluding carboxylic acids is 2. The van der Waals surface area contributed by atoms with Gasteiger partial charge in [0.05, 0.1) is 22.3 Å². The van der Waals surface area contributed by atoms with Crippen molar-refractivity contribution in [2.75, 3.05) is 38.0 Å². The number of halogens is 2. The summed E-state index contributed by atoms with van der Waals surface area (Å²) in [7, 11) is 0. The minimum Gasteiger partial charge on any atom is -0.336 e. The average molecular weight is 420 g/mol. The first-order valence-corrected chi connectivity index (χ1v) is 10.1. The van der Waals surface area contributed by atoms with E-state index in [4.69, 9.17) is 23.2 Å². The number of carbonyl (C=O) groups is 2. The van der Waals surface area contributed by atoms with Gasteiger partial charge in [-0.1, -0.05) is 48.3 Å². The molecular formula is C21H23Cl2N3O2. The minimum absolute atomic E-state index is 0.0367. The molecule has 0 radical (unpaired) electrons. The lowest BCUT2D eigenvalue weighted by molar-refractivity contribution is -0.117. The van der Waals surface area contributed by atoms with Gasteiger partial charge in [-0.05, 0) is 36.2 Å². The van der Waals surface area contributed by atoms with E-state index in [-0.39, 0.29) is 18.4 Å². The molecule has 1 heterocycles. The van der Waals surface area contributed by atoms with E-state index in [0.29, 0.717) is 47.5 Å². The molecule has 2 amide bonds. The highest BCUT2D eigenvalue weighted by Crippen LogP contribution is 2.29. The summed E-state index contributed by atoms with van der Waals surface area (Å²) >= 11 is 12.2. The maximum Gasteiger partial charge on any atom is 0.253 e. The molecule has 1 N–H and O–H groups in total. The fourth-order valence-electron chi connectivity index (χ4n) is 3.17. The van der Waals surface area contributed by atoms with Crippen molar-refractivity contribution < 1.29 is 9.59 Å². The van der Waals surface area contributed by atoms with Crippen LogP contribution in [-0.2, 0) is 11.2 Å². The Labute approximate surface area is 175 Å². The number of hydrogen-bond donors (Lipinski definition) is 1. The Kier molecular flexibility index (Phi) is 6.94. The molecule has 0 bridgehead atoms. The number of nitrogens with zero attached hydrogens (tertiary/aromatic N) is 2. The number of nitrogens with one attached hydrogen (secondary N) is 1. The highest BCUT2D eigenvalue weighted by atomic mass is 35.5. The Bertz CT molecular complexity index is 827. The molecule has 0 unspecified atom stereocenters. The Morgan fingerprint density at radius 1 is 0.964 bits per heavy atom. The molecule has 2 aromatic carbocycles. The summed E-state index contributed by atoms with van der Waals surface area (Å²) in [5.41, 5.74) is 2.35. The van der Waals surface area contributed by atoms with Gasteiger partial charge < -0.3 is 10.2 Å². The Hall–Kier alpha value is -2.08. The highest BCUT2D eigenvalue weighted by molar-refractivity contribution is 6.39. The molecule has 5 nitrogen and oxygen atoms in total. The number of aryl methyl sites for hydroxylation is 1. The number of amides is 2. The van der Waals surface area contributed by atoms with Crippen LogP contribution in [0.2, 0.25) is 10.0 Å². The fourth-order valence-corrected chi connectivity index (χ4v) is 3.67. The molecule has 0 aliphatic carbocycles. The van der Waals surface area contributed by atoms with Crippen LogP contribution in [0.5, 0.6) is 0 Å². The largest absolute Gasteiger partial charge is 0.336 e. The summed E-state index contributed by atoms with van der Waals surface area (Å²) in [6.45, 7) is 4.79. The van der Waals surface area contributed by atoms with Crippen molar-refractivity contribution in [2.24, 2.45) is 0 Å². The lowest BCUT2D eigenvalue weighted by atomic mass is 10.1. The second kappa shape index (κ2) is 9.41. The number of rotatable bonds is 5. The van der Waals surface area contributed by atoms with Crippen LogP contribution in [0.15, 0.2) is 42.5 Å². The van der Waals surface area contributed by atoms with E-state index in [1.807, 2.05) is 34.1 Å². The van der Waals surface area contributed by atoms with Crippen LogP contribution < -0.4 is 5.32 Å². The van der Waals surface area contributed by atoms with Gasteiger partial charge in [0.1, 0.15) is 0 Å². The Morgan fingerprint density at radius 2 is 1.57 bits per heavy atom. The third-order valence-corrected chi connectivity index (χ3v) is 5.49. The Balaban J connectivity index is 1.50. The average Bonchev–Trinajstić information content (AvgIpc) is 2.71. The zero-order chi connectivity index (χ0) is 20.1. The van der Waals surface area contributed by atoms with E-state index in [2.05, 4.69) is 12.2 Å². The van der Waals surface area contributed by atoms with Crippen LogP contribution in [0.25, 0.3) is 0 Å². The molecule has 1 aliphatic rings. The van der Waals surface area contributed by atoms with E-state index in [1.54, 1.807) is 18.2 Å². The quantitative estimate of drug-likeness (QED) is 0.797. The van der Waals surface area contributed by atoms with Crippen molar-refractivity contribution in [1.82, 2.24) is 9.80 Å². The number of para-hydroxylation sites is 1. The van der Waals surface area contributed by atoms with Gasteiger partial charge in [-0.3, -0.25) is 14.5 Å². The van der Waals surface area contributed by atoms with Gasteiger partial charge in [-0.25, -0.2) is 0 Å². The van der Waals surface area contributed by atoms with E-state index < -0.39 is 0 Å². The lowest BCUT2D eigenvalue weighted by Gasteiger charge is -2.34. The van der Waals surface area contributed by atoms with Gasteiger partial charge in [0.2, 0.25) is 5.91 Å². The van der Waals surface area contributed by atoms with E-state index >= 15 is 0 Å². The van der Waals surface area contributed by atoms with Gasteiger partial charge >= 0.3 is 0 Å². The number of anilines is 1. The molecule has 0 aromatic heterocycles. The molecular weight excluding hydrogens is 397 g/mol. The molecule has 3 rings (SSSR count). The molecule has 7 heteroatoms. The predicted octanol–water partition coefficient (Wildman–Crippen LogP) is 3.95. The van der Waals surface area contributed by atoms with Crippen LogP contribution in [-0.4, -0.2) is 54.3 Å². The fraction of sp³-hybridized carbons (Fsp3) is 0.333. The molecule has 148 valence electrons. The van der Waals surface area contributed by atoms with Crippen LogP contribution in [0.3, 0.4) is 0 Å². The second-order valence-electron chi connectivity index (χ2n) is 6.76. The smallest absolute Gasteiger partial charge is 0.253 e. The second-order valence-corrected chi connectivity index (χ2v) is 7.58. The molecule has 1 aliphatic heterocycles.